The number of carbonyl (C=O) groups is 1. The van der Waals surface area contributed by atoms with E-state index < -0.39 is 5.90 Å². The molecule has 0 spiro atoms. The van der Waals surface area contributed by atoms with E-state index in [1.165, 1.54) is 5.56 Å². The number of benzene rings is 1. The van der Waals surface area contributed by atoms with Crippen molar-refractivity contribution in [2.45, 2.75) is 20.8 Å². The van der Waals surface area contributed by atoms with Gasteiger partial charge in [-0.2, -0.15) is 0 Å². The van der Waals surface area contributed by atoms with Crippen molar-refractivity contribution in [1.29, 1.82) is 0 Å². The molecule has 14 heavy (non-hydrogen) atoms. The maximum absolute atomic E-state index is 11.8. The average Bonchev–Trinajstić information content (AvgIpc) is 2.01. The SMILES string of the molecule is Cc1cc(C)c(C(=O)[PH](=S)S)c(C)c1. The molecule has 0 radical (unpaired) electrons. The summed E-state index contributed by atoms with van der Waals surface area (Å²) in [4.78, 5) is 11.8. The van der Waals surface area contributed by atoms with E-state index in [9.17, 15) is 4.79 Å². The molecule has 0 amide bonds. The van der Waals surface area contributed by atoms with Crippen LogP contribution in [-0.4, -0.2) is 5.52 Å². The van der Waals surface area contributed by atoms with Gasteiger partial charge in [0.05, 0.1) is 5.90 Å². The molecule has 1 nitrogen and oxygen atoms in total. The Hall–Kier alpha value is -0.110. The quantitative estimate of drug-likeness (QED) is 0.635. The third-order valence-corrected chi connectivity index (χ3v) is 3.90. The molecular formula is C10H13OPS2. The zero-order chi connectivity index (χ0) is 10.9. The Labute approximate surface area is 95.5 Å². The van der Waals surface area contributed by atoms with Gasteiger partial charge < -0.3 is 0 Å². The highest BCUT2D eigenvalue weighted by Gasteiger charge is 2.13. The van der Waals surface area contributed by atoms with Crippen LogP contribution in [-0.2, 0) is 11.8 Å². The highest BCUT2D eigenvalue weighted by Crippen LogP contribution is 2.34. The van der Waals surface area contributed by atoms with E-state index in [2.05, 4.69) is 12.2 Å². The lowest BCUT2D eigenvalue weighted by Crippen LogP contribution is -1.99. The van der Waals surface area contributed by atoms with Crippen molar-refractivity contribution in [2.75, 3.05) is 0 Å². The third kappa shape index (κ3) is 2.47. The van der Waals surface area contributed by atoms with Crippen molar-refractivity contribution in [3.63, 3.8) is 0 Å². The monoisotopic (exact) mass is 244 g/mol. The van der Waals surface area contributed by atoms with Gasteiger partial charge >= 0.3 is 0 Å². The van der Waals surface area contributed by atoms with Crippen molar-refractivity contribution in [2.24, 2.45) is 0 Å². The first kappa shape index (κ1) is 12.0. The average molecular weight is 244 g/mol. The first-order valence-electron chi connectivity index (χ1n) is 4.29. The zero-order valence-electron chi connectivity index (χ0n) is 8.42. The normalized spacial score (nSPS) is 12.6. The zero-order valence-corrected chi connectivity index (χ0v) is 11.1. The summed E-state index contributed by atoms with van der Waals surface area (Å²) in [6, 6.07) is 4.02. The van der Waals surface area contributed by atoms with Crippen molar-refractivity contribution in [1.82, 2.24) is 0 Å². The van der Waals surface area contributed by atoms with Crippen LogP contribution in [0.15, 0.2) is 12.1 Å². The van der Waals surface area contributed by atoms with Crippen LogP contribution in [0.2, 0.25) is 0 Å². The summed E-state index contributed by atoms with van der Waals surface area (Å²) in [5.74, 6) is -1.58. The van der Waals surface area contributed by atoms with E-state index in [1.54, 1.807) is 0 Å². The molecule has 0 saturated heterocycles. The molecule has 1 unspecified atom stereocenters. The second-order valence-corrected chi connectivity index (χ2v) is 7.95. The van der Waals surface area contributed by atoms with Crippen molar-refractivity contribution in [3.05, 3.63) is 34.4 Å². The van der Waals surface area contributed by atoms with Crippen LogP contribution in [0, 0.1) is 20.8 Å². The van der Waals surface area contributed by atoms with Gasteiger partial charge in [-0.25, -0.2) is 0 Å². The summed E-state index contributed by atoms with van der Waals surface area (Å²) in [5, 5.41) is 0. The topological polar surface area (TPSA) is 17.1 Å². The highest BCUT2D eigenvalue weighted by atomic mass is 32.9. The van der Waals surface area contributed by atoms with Gasteiger partial charge in [0.15, 0.2) is 0 Å². The van der Waals surface area contributed by atoms with Crippen LogP contribution in [0.4, 0.5) is 0 Å². The molecule has 0 saturated carbocycles. The fourth-order valence-corrected chi connectivity index (χ4v) is 2.89. The summed E-state index contributed by atoms with van der Waals surface area (Å²) < 4.78 is 0. The summed E-state index contributed by atoms with van der Waals surface area (Å²) >= 11 is 9.04. The molecule has 0 aliphatic carbocycles. The van der Waals surface area contributed by atoms with E-state index in [1.807, 2.05) is 32.9 Å². The second kappa shape index (κ2) is 4.61. The Kier molecular flexibility index (Phi) is 3.94. The molecule has 0 fully saturated rings. The number of hydrogen-bond acceptors (Lipinski definition) is 2. The van der Waals surface area contributed by atoms with Gasteiger partial charge in [-0.3, -0.25) is 4.79 Å². The molecule has 0 bridgehead atoms. The summed E-state index contributed by atoms with van der Waals surface area (Å²) in [6.07, 6.45) is 0. The number of carbonyl (C=O) groups excluding carboxylic acids is 1. The fourth-order valence-electron chi connectivity index (χ4n) is 1.65. The molecule has 4 heteroatoms. The van der Waals surface area contributed by atoms with Crippen LogP contribution in [0.5, 0.6) is 0 Å². The van der Waals surface area contributed by atoms with Crippen molar-refractivity contribution in [3.8, 4) is 0 Å². The molecule has 0 aliphatic rings. The standard InChI is InChI=1S/C10H13OPS2/c1-6-4-7(2)9(8(3)5-6)10(11)12(13)14/h4-5,12H,1-3H3,(H,13,14). The lowest BCUT2D eigenvalue weighted by atomic mass is 10.0. The van der Waals surface area contributed by atoms with E-state index in [-0.39, 0.29) is 5.52 Å². The highest BCUT2D eigenvalue weighted by molar-refractivity contribution is 8.61. The molecule has 0 heterocycles. The predicted octanol–water partition coefficient (Wildman–Crippen LogP) is 3.27. The van der Waals surface area contributed by atoms with Crippen LogP contribution in [0.3, 0.4) is 0 Å². The van der Waals surface area contributed by atoms with Gasteiger partial charge in [-0.1, -0.05) is 29.5 Å². The lowest BCUT2D eigenvalue weighted by molar-refractivity contribution is 0.108. The Morgan fingerprint density at radius 1 is 1.29 bits per heavy atom. The van der Waals surface area contributed by atoms with Gasteiger partial charge in [0.2, 0.25) is 5.52 Å². The Balaban J connectivity index is 3.35. The van der Waals surface area contributed by atoms with Crippen LogP contribution in [0.25, 0.3) is 0 Å². The van der Waals surface area contributed by atoms with Gasteiger partial charge in [-0.05, 0) is 31.9 Å². The molecule has 1 aromatic rings. The largest absolute Gasteiger partial charge is 0.288 e. The van der Waals surface area contributed by atoms with E-state index in [0.29, 0.717) is 0 Å². The minimum atomic E-state index is -1.58. The molecule has 0 aromatic heterocycles. The Bertz CT molecular complexity index is 390. The minimum absolute atomic E-state index is 0.0309. The lowest BCUT2D eigenvalue weighted by Gasteiger charge is -2.09. The first-order valence-corrected chi connectivity index (χ1v) is 8.21. The summed E-state index contributed by atoms with van der Waals surface area (Å²) in [7, 11) is 0. The molecule has 76 valence electrons. The van der Waals surface area contributed by atoms with Crippen molar-refractivity contribution < 1.29 is 4.79 Å². The van der Waals surface area contributed by atoms with Crippen LogP contribution < -0.4 is 0 Å². The minimum Gasteiger partial charge on any atom is -0.288 e. The second-order valence-electron chi connectivity index (χ2n) is 3.41. The number of aryl methyl sites for hydroxylation is 3. The van der Waals surface area contributed by atoms with Crippen LogP contribution >= 0.6 is 18.1 Å². The van der Waals surface area contributed by atoms with Gasteiger partial charge in [-0.15, -0.1) is 12.2 Å². The number of rotatable bonds is 2. The Morgan fingerprint density at radius 3 is 2.07 bits per heavy atom. The molecule has 0 N–H and O–H groups in total. The molecular weight excluding hydrogens is 231 g/mol. The van der Waals surface area contributed by atoms with Gasteiger partial charge in [0.25, 0.3) is 0 Å². The molecule has 1 atom stereocenters. The first-order chi connectivity index (χ1) is 6.43. The maximum Gasteiger partial charge on any atom is 0.201 e. The van der Waals surface area contributed by atoms with Crippen molar-refractivity contribution >= 4 is 35.5 Å². The molecule has 1 aromatic carbocycles. The fraction of sp³-hybridized carbons (Fsp3) is 0.300. The summed E-state index contributed by atoms with van der Waals surface area (Å²) in [6.45, 7) is 5.91. The molecule has 1 rings (SSSR count). The maximum atomic E-state index is 11.8. The molecule has 0 aliphatic heterocycles. The van der Waals surface area contributed by atoms with E-state index in [4.69, 9.17) is 11.8 Å². The number of hydrogen-bond donors (Lipinski definition) is 1. The third-order valence-electron chi connectivity index (χ3n) is 2.10. The smallest absolute Gasteiger partial charge is 0.201 e. The van der Waals surface area contributed by atoms with E-state index in [0.717, 1.165) is 16.7 Å². The Morgan fingerprint density at radius 2 is 1.71 bits per heavy atom. The number of thiol groups is 1. The van der Waals surface area contributed by atoms with E-state index >= 15 is 0 Å². The summed E-state index contributed by atoms with van der Waals surface area (Å²) in [5.41, 5.74) is 3.99. The van der Waals surface area contributed by atoms with Gasteiger partial charge in [0.1, 0.15) is 0 Å². The predicted molar refractivity (Wildman–Crippen MR) is 69.6 cm³/mol. The van der Waals surface area contributed by atoms with Crippen LogP contribution in [0.1, 0.15) is 27.0 Å². The van der Waals surface area contributed by atoms with Gasteiger partial charge in [0, 0.05) is 5.56 Å².